The molecule has 5 aromatic rings. The first-order valence-electron chi connectivity index (χ1n) is 10.9. The van der Waals surface area contributed by atoms with Crippen LogP contribution in [0.3, 0.4) is 0 Å². The van der Waals surface area contributed by atoms with E-state index < -0.39 is 17.2 Å². The van der Waals surface area contributed by atoms with E-state index in [4.69, 9.17) is 0 Å². The first kappa shape index (κ1) is 22.2. The van der Waals surface area contributed by atoms with Crippen LogP contribution in [0.25, 0.3) is 32.9 Å². The Balaban J connectivity index is 1.48. The van der Waals surface area contributed by atoms with Gasteiger partial charge in [0, 0.05) is 23.9 Å². The van der Waals surface area contributed by atoms with Gasteiger partial charge >= 0.3 is 6.03 Å². The maximum Gasteiger partial charge on any atom is 0.321 e. The lowest BCUT2D eigenvalue weighted by Crippen LogP contribution is -2.28. The van der Waals surface area contributed by atoms with E-state index in [9.17, 15) is 18.4 Å². The molecule has 0 bridgehead atoms. The van der Waals surface area contributed by atoms with Crippen LogP contribution >= 0.6 is 0 Å². The number of H-pyrrole nitrogens is 2. The summed E-state index contributed by atoms with van der Waals surface area (Å²) in [6.45, 7) is 2.29. The number of hydrogen-bond donors (Lipinski definition) is 4. The van der Waals surface area contributed by atoms with Crippen molar-refractivity contribution in [2.24, 2.45) is 0 Å². The number of hydrogen-bond acceptors (Lipinski definition) is 4. The Morgan fingerprint density at radius 3 is 2.71 bits per heavy atom. The SMILES string of the molecule is CCNC(=O)Nc1nc2cc(-c3cc(Cc4n[nH]c(=O)c5cc(F)ccc45)ccc3F)ccc2[nH]1. The van der Waals surface area contributed by atoms with Crippen LogP contribution in [0.2, 0.25) is 0 Å². The van der Waals surface area contributed by atoms with Crippen molar-refractivity contribution in [3.8, 4) is 11.1 Å². The lowest BCUT2D eigenvalue weighted by molar-refractivity contribution is 0.252. The van der Waals surface area contributed by atoms with E-state index in [-0.39, 0.29) is 17.4 Å². The molecule has 2 aromatic heterocycles. The molecule has 0 unspecified atom stereocenters. The maximum absolute atomic E-state index is 14.8. The number of fused-ring (bicyclic) bond motifs is 2. The average Bonchev–Trinajstić information content (AvgIpc) is 3.23. The highest BCUT2D eigenvalue weighted by Crippen LogP contribution is 2.28. The van der Waals surface area contributed by atoms with E-state index in [0.29, 0.717) is 46.2 Å². The molecule has 5 rings (SSSR count). The number of benzene rings is 3. The molecule has 10 heteroatoms. The summed E-state index contributed by atoms with van der Waals surface area (Å²) in [6, 6.07) is 13.6. The molecule has 3 aromatic carbocycles. The lowest BCUT2D eigenvalue weighted by Gasteiger charge is -2.09. The third kappa shape index (κ3) is 4.45. The Morgan fingerprint density at radius 1 is 1.03 bits per heavy atom. The van der Waals surface area contributed by atoms with Crippen molar-refractivity contribution in [3.05, 3.63) is 87.8 Å². The number of aromatic amines is 2. The summed E-state index contributed by atoms with van der Waals surface area (Å²) in [5.41, 5.74) is 3.05. The van der Waals surface area contributed by atoms with E-state index in [1.165, 1.54) is 24.3 Å². The van der Waals surface area contributed by atoms with Gasteiger partial charge in [0.1, 0.15) is 11.6 Å². The van der Waals surface area contributed by atoms with Gasteiger partial charge in [-0.3, -0.25) is 10.1 Å². The molecule has 4 N–H and O–H groups in total. The number of carbonyl (C=O) groups is 1. The zero-order valence-electron chi connectivity index (χ0n) is 18.6. The van der Waals surface area contributed by atoms with Gasteiger partial charge in [-0.15, -0.1) is 0 Å². The van der Waals surface area contributed by atoms with Crippen LogP contribution in [-0.2, 0) is 6.42 Å². The predicted molar refractivity (Wildman–Crippen MR) is 129 cm³/mol. The normalized spacial score (nSPS) is 11.2. The first-order chi connectivity index (χ1) is 16.9. The van der Waals surface area contributed by atoms with Gasteiger partial charge in [0.15, 0.2) is 0 Å². The number of rotatable bonds is 5. The van der Waals surface area contributed by atoms with Gasteiger partial charge in [-0.25, -0.2) is 23.7 Å². The Morgan fingerprint density at radius 2 is 1.89 bits per heavy atom. The highest BCUT2D eigenvalue weighted by Gasteiger charge is 2.13. The molecule has 0 saturated carbocycles. The zero-order chi connectivity index (χ0) is 24.5. The number of anilines is 1. The van der Waals surface area contributed by atoms with Crippen molar-refractivity contribution < 1.29 is 13.6 Å². The van der Waals surface area contributed by atoms with Crippen molar-refractivity contribution in [2.45, 2.75) is 13.3 Å². The fourth-order valence-electron chi connectivity index (χ4n) is 3.97. The Kier molecular flexibility index (Phi) is 5.69. The highest BCUT2D eigenvalue weighted by molar-refractivity contribution is 5.91. The van der Waals surface area contributed by atoms with Gasteiger partial charge in [0.05, 0.1) is 22.1 Å². The molecule has 0 aliphatic rings. The minimum Gasteiger partial charge on any atom is -0.338 e. The first-order valence-corrected chi connectivity index (χ1v) is 10.9. The average molecular weight is 474 g/mol. The number of urea groups is 1. The molecule has 0 aliphatic heterocycles. The van der Waals surface area contributed by atoms with Crippen LogP contribution in [0.5, 0.6) is 0 Å². The molecule has 176 valence electrons. The lowest BCUT2D eigenvalue weighted by atomic mass is 9.98. The second-order valence-corrected chi connectivity index (χ2v) is 7.98. The number of halogens is 2. The summed E-state index contributed by atoms with van der Waals surface area (Å²) in [7, 11) is 0. The Hall–Kier alpha value is -4.60. The topological polar surface area (TPSA) is 116 Å². The molecule has 2 heterocycles. The molecule has 8 nitrogen and oxygen atoms in total. The zero-order valence-corrected chi connectivity index (χ0v) is 18.6. The van der Waals surface area contributed by atoms with Crippen LogP contribution in [0.15, 0.2) is 59.4 Å². The number of aromatic nitrogens is 4. The molecule has 0 saturated heterocycles. The van der Waals surface area contributed by atoms with Gasteiger partial charge in [0.25, 0.3) is 5.56 Å². The molecule has 2 amide bonds. The van der Waals surface area contributed by atoms with E-state index in [1.807, 2.05) is 6.92 Å². The van der Waals surface area contributed by atoms with Gasteiger partial charge < -0.3 is 10.3 Å². The monoisotopic (exact) mass is 474 g/mol. The van der Waals surface area contributed by atoms with Crippen molar-refractivity contribution in [1.82, 2.24) is 25.5 Å². The maximum atomic E-state index is 14.8. The predicted octanol–water partition coefficient (Wildman–Crippen LogP) is 4.48. The summed E-state index contributed by atoms with van der Waals surface area (Å²) in [5.74, 6) is -0.641. The van der Waals surface area contributed by atoms with E-state index in [2.05, 4.69) is 30.8 Å². The van der Waals surface area contributed by atoms with Crippen LogP contribution in [-0.4, -0.2) is 32.7 Å². The molecule has 35 heavy (non-hydrogen) atoms. The second kappa shape index (κ2) is 8.98. The van der Waals surface area contributed by atoms with E-state index in [0.717, 1.165) is 5.56 Å². The van der Waals surface area contributed by atoms with Gasteiger partial charge in [-0.2, -0.15) is 5.10 Å². The van der Waals surface area contributed by atoms with Crippen LogP contribution in [0.4, 0.5) is 19.5 Å². The summed E-state index contributed by atoms with van der Waals surface area (Å²) < 4.78 is 28.4. The third-order valence-electron chi connectivity index (χ3n) is 5.60. The molecular formula is C25H20F2N6O2. The molecule has 0 fully saturated rings. The van der Waals surface area contributed by atoms with Crippen molar-refractivity contribution >= 4 is 33.8 Å². The quantitative estimate of drug-likeness (QED) is 0.301. The minimum atomic E-state index is -0.512. The minimum absolute atomic E-state index is 0.207. The van der Waals surface area contributed by atoms with Crippen LogP contribution in [0.1, 0.15) is 18.2 Å². The van der Waals surface area contributed by atoms with Crippen LogP contribution in [0, 0.1) is 11.6 Å². The molecule has 0 aliphatic carbocycles. The molecule has 0 spiro atoms. The fraction of sp³-hybridized carbons (Fsp3) is 0.120. The van der Waals surface area contributed by atoms with Gasteiger partial charge in [0.2, 0.25) is 5.95 Å². The van der Waals surface area contributed by atoms with Crippen molar-refractivity contribution in [1.29, 1.82) is 0 Å². The largest absolute Gasteiger partial charge is 0.338 e. The number of carbonyl (C=O) groups excluding carboxylic acids is 1. The van der Waals surface area contributed by atoms with Gasteiger partial charge in [-0.1, -0.05) is 12.1 Å². The Labute approximate surface area is 197 Å². The summed E-state index contributed by atoms with van der Waals surface area (Å²) in [6.07, 6.45) is 0.303. The standard InChI is InChI=1S/C25H20F2N6O2/c1-2-28-25(35)31-24-29-20-8-4-14(11-22(20)30-24)17-9-13(3-7-19(17)27)10-21-16-6-5-15(26)12-18(16)23(34)33-32-21/h3-9,11-12H,2,10H2,1H3,(H,33,34)(H3,28,29,30,31,35). The van der Waals surface area contributed by atoms with Gasteiger partial charge in [-0.05, 0) is 60.5 Å². The smallest absolute Gasteiger partial charge is 0.321 e. The van der Waals surface area contributed by atoms with Crippen molar-refractivity contribution in [3.63, 3.8) is 0 Å². The number of nitrogens with zero attached hydrogens (tertiary/aromatic N) is 2. The molecule has 0 atom stereocenters. The number of nitrogens with one attached hydrogen (secondary N) is 4. The highest BCUT2D eigenvalue weighted by atomic mass is 19.1. The fourth-order valence-corrected chi connectivity index (χ4v) is 3.97. The van der Waals surface area contributed by atoms with E-state index in [1.54, 1.807) is 30.3 Å². The summed E-state index contributed by atoms with van der Waals surface area (Å²) in [4.78, 5) is 31.2. The van der Waals surface area contributed by atoms with Crippen LogP contribution < -0.4 is 16.2 Å². The molecular weight excluding hydrogens is 454 g/mol. The molecule has 0 radical (unpaired) electrons. The summed E-state index contributed by atoms with van der Waals surface area (Å²) in [5, 5.41) is 12.5. The summed E-state index contributed by atoms with van der Waals surface area (Å²) >= 11 is 0. The van der Waals surface area contributed by atoms with Crippen molar-refractivity contribution in [2.75, 3.05) is 11.9 Å². The Bertz CT molecular complexity index is 1640. The second-order valence-electron chi connectivity index (χ2n) is 7.98. The third-order valence-corrected chi connectivity index (χ3v) is 5.60. The van der Waals surface area contributed by atoms with E-state index >= 15 is 0 Å². The number of imidazole rings is 1. The number of amides is 2.